The number of carbonyl (C=O) groups is 1. The molecule has 0 bridgehead atoms. The minimum absolute atomic E-state index is 0.0588. The molecule has 5 heteroatoms. The second kappa shape index (κ2) is 5.51. The molecule has 1 N–H and O–H groups in total. The average Bonchev–Trinajstić information content (AvgIpc) is 2.31. The van der Waals surface area contributed by atoms with E-state index in [0.717, 1.165) is 0 Å². The van der Waals surface area contributed by atoms with Gasteiger partial charge in [0.05, 0.1) is 12.7 Å². The highest BCUT2D eigenvalue weighted by Crippen LogP contribution is 2.13. The molecular weight excluding hydrogens is 211 g/mol. The molecule has 0 aliphatic rings. The third-order valence-electron chi connectivity index (χ3n) is 1.76. The van der Waals surface area contributed by atoms with Gasteiger partial charge < -0.3 is 10.1 Å². The number of carbonyl (C=O) groups excluding carboxylic acids is 1. The van der Waals surface area contributed by atoms with Crippen LogP contribution in [0, 0.1) is 17.1 Å². The molecule has 4 nitrogen and oxygen atoms in total. The summed E-state index contributed by atoms with van der Waals surface area (Å²) in [7, 11) is 1.26. The van der Waals surface area contributed by atoms with Crippen molar-refractivity contribution < 1.29 is 13.9 Å². The van der Waals surface area contributed by atoms with Gasteiger partial charge in [-0.2, -0.15) is 5.26 Å². The van der Waals surface area contributed by atoms with Gasteiger partial charge in [0.15, 0.2) is 0 Å². The molecular formula is C11H9FN2O2. The largest absolute Gasteiger partial charge is 0.466 e. The topological polar surface area (TPSA) is 62.1 Å². The first-order valence-corrected chi connectivity index (χ1v) is 4.38. The van der Waals surface area contributed by atoms with E-state index in [0.29, 0.717) is 5.69 Å². The Kier molecular flexibility index (Phi) is 4.04. The van der Waals surface area contributed by atoms with Crippen molar-refractivity contribution in [2.24, 2.45) is 0 Å². The number of rotatable bonds is 3. The molecule has 0 radical (unpaired) electrons. The van der Waals surface area contributed by atoms with Gasteiger partial charge in [-0.25, -0.2) is 9.18 Å². The lowest BCUT2D eigenvalue weighted by molar-refractivity contribution is -0.134. The summed E-state index contributed by atoms with van der Waals surface area (Å²) in [4.78, 5) is 10.7. The molecule has 1 aromatic rings. The van der Waals surface area contributed by atoms with Crippen molar-refractivity contribution in [3.8, 4) is 6.07 Å². The normalized spacial score (nSPS) is 9.81. The van der Waals surface area contributed by atoms with E-state index in [1.807, 2.05) is 0 Å². The first-order valence-electron chi connectivity index (χ1n) is 4.38. The van der Waals surface area contributed by atoms with Crippen LogP contribution < -0.4 is 5.32 Å². The summed E-state index contributed by atoms with van der Waals surface area (Å²) in [6.07, 6.45) is 2.52. The summed E-state index contributed by atoms with van der Waals surface area (Å²) < 4.78 is 17.3. The molecule has 0 spiro atoms. The van der Waals surface area contributed by atoms with Crippen molar-refractivity contribution >= 4 is 11.7 Å². The number of esters is 1. The summed E-state index contributed by atoms with van der Waals surface area (Å²) in [5.74, 6) is -1.08. The Morgan fingerprint density at radius 3 is 3.00 bits per heavy atom. The van der Waals surface area contributed by atoms with E-state index in [-0.39, 0.29) is 5.56 Å². The maximum absolute atomic E-state index is 12.9. The number of nitrogens with zero attached hydrogens (tertiary/aromatic N) is 1. The zero-order chi connectivity index (χ0) is 12.0. The van der Waals surface area contributed by atoms with E-state index in [1.54, 1.807) is 6.07 Å². The van der Waals surface area contributed by atoms with Crippen molar-refractivity contribution in [2.45, 2.75) is 0 Å². The summed E-state index contributed by atoms with van der Waals surface area (Å²) >= 11 is 0. The maximum Gasteiger partial charge on any atom is 0.331 e. The Morgan fingerprint density at radius 1 is 1.62 bits per heavy atom. The van der Waals surface area contributed by atoms with Gasteiger partial charge in [-0.1, -0.05) is 0 Å². The number of nitriles is 1. The van der Waals surface area contributed by atoms with Crippen molar-refractivity contribution in [3.63, 3.8) is 0 Å². The highest BCUT2D eigenvalue weighted by atomic mass is 19.1. The van der Waals surface area contributed by atoms with E-state index >= 15 is 0 Å². The summed E-state index contributed by atoms with van der Waals surface area (Å²) in [6.45, 7) is 0. The van der Waals surface area contributed by atoms with Crippen LogP contribution in [0.25, 0.3) is 0 Å². The predicted molar refractivity (Wildman–Crippen MR) is 55.9 cm³/mol. The minimum atomic E-state index is -0.579. The fourth-order valence-electron chi connectivity index (χ4n) is 0.975. The smallest absolute Gasteiger partial charge is 0.331 e. The van der Waals surface area contributed by atoms with E-state index < -0.39 is 11.8 Å². The van der Waals surface area contributed by atoms with Crippen LogP contribution in [-0.2, 0) is 9.53 Å². The number of hydrogen-bond acceptors (Lipinski definition) is 4. The highest BCUT2D eigenvalue weighted by Gasteiger charge is 2.01. The van der Waals surface area contributed by atoms with Crippen molar-refractivity contribution in [1.82, 2.24) is 0 Å². The van der Waals surface area contributed by atoms with Crippen LogP contribution in [0.4, 0.5) is 10.1 Å². The number of anilines is 1. The van der Waals surface area contributed by atoms with Gasteiger partial charge in [0, 0.05) is 18.0 Å². The van der Waals surface area contributed by atoms with E-state index in [9.17, 15) is 9.18 Å². The zero-order valence-corrected chi connectivity index (χ0v) is 8.53. The van der Waals surface area contributed by atoms with E-state index in [1.165, 1.54) is 37.6 Å². The number of hydrogen-bond donors (Lipinski definition) is 1. The van der Waals surface area contributed by atoms with Gasteiger partial charge in [-0.3, -0.25) is 0 Å². The lowest BCUT2D eigenvalue weighted by Crippen LogP contribution is -1.97. The number of nitrogens with one attached hydrogen (secondary N) is 1. The predicted octanol–water partition coefficient (Wildman–Crippen LogP) is 1.80. The van der Waals surface area contributed by atoms with Crippen LogP contribution in [0.15, 0.2) is 30.5 Å². The van der Waals surface area contributed by atoms with Crippen LogP contribution in [0.1, 0.15) is 5.56 Å². The zero-order valence-electron chi connectivity index (χ0n) is 8.53. The number of halogens is 1. The van der Waals surface area contributed by atoms with Crippen molar-refractivity contribution in [1.29, 1.82) is 5.26 Å². The lowest BCUT2D eigenvalue weighted by atomic mass is 10.2. The molecule has 0 saturated heterocycles. The Balaban J connectivity index is 2.73. The lowest BCUT2D eigenvalue weighted by Gasteiger charge is -2.01. The molecule has 16 heavy (non-hydrogen) atoms. The van der Waals surface area contributed by atoms with Crippen LogP contribution in [0.2, 0.25) is 0 Å². The SMILES string of the molecule is COC(=O)/C=C/Nc1ccc(F)c(C#N)c1. The van der Waals surface area contributed by atoms with Crippen LogP contribution >= 0.6 is 0 Å². The van der Waals surface area contributed by atoms with Crippen LogP contribution in [0.3, 0.4) is 0 Å². The summed E-state index contributed by atoms with van der Waals surface area (Å²) in [5, 5.41) is 11.3. The van der Waals surface area contributed by atoms with Gasteiger partial charge in [0.2, 0.25) is 0 Å². The Morgan fingerprint density at radius 2 is 2.38 bits per heavy atom. The molecule has 0 atom stereocenters. The molecule has 0 aliphatic heterocycles. The number of methoxy groups -OCH3 is 1. The highest BCUT2D eigenvalue weighted by molar-refractivity contribution is 5.82. The molecule has 0 fully saturated rings. The Labute approximate surface area is 91.9 Å². The molecule has 0 amide bonds. The standard InChI is InChI=1S/C11H9FN2O2/c1-16-11(15)4-5-14-9-2-3-10(12)8(6-9)7-13/h2-6,14H,1H3/b5-4+. The maximum atomic E-state index is 12.9. The quantitative estimate of drug-likeness (QED) is 0.623. The third-order valence-corrected chi connectivity index (χ3v) is 1.76. The van der Waals surface area contributed by atoms with Gasteiger partial charge >= 0.3 is 5.97 Å². The average molecular weight is 220 g/mol. The molecule has 1 rings (SSSR count). The summed E-state index contributed by atoms with van der Waals surface area (Å²) in [6, 6.07) is 5.69. The Bertz CT molecular complexity index is 464. The molecule has 1 aromatic carbocycles. The van der Waals surface area contributed by atoms with E-state index in [2.05, 4.69) is 10.1 Å². The fourth-order valence-corrected chi connectivity index (χ4v) is 0.975. The van der Waals surface area contributed by atoms with Crippen LogP contribution in [0.5, 0.6) is 0 Å². The monoisotopic (exact) mass is 220 g/mol. The molecule has 82 valence electrons. The summed E-state index contributed by atoms with van der Waals surface area (Å²) in [5.41, 5.74) is 0.453. The van der Waals surface area contributed by atoms with Crippen LogP contribution in [-0.4, -0.2) is 13.1 Å². The van der Waals surface area contributed by atoms with Gasteiger partial charge in [0.1, 0.15) is 11.9 Å². The molecule has 0 saturated carbocycles. The van der Waals surface area contributed by atoms with E-state index in [4.69, 9.17) is 5.26 Å². The third kappa shape index (κ3) is 3.10. The second-order valence-electron chi connectivity index (χ2n) is 2.81. The first kappa shape index (κ1) is 11.7. The minimum Gasteiger partial charge on any atom is -0.466 e. The van der Waals surface area contributed by atoms with Gasteiger partial charge in [-0.05, 0) is 18.2 Å². The molecule has 0 heterocycles. The second-order valence-corrected chi connectivity index (χ2v) is 2.81. The molecule has 0 aromatic heterocycles. The number of ether oxygens (including phenoxy) is 1. The molecule has 0 unspecified atom stereocenters. The van der Waals surface area contributed by atoms with Gasteiger partial charge in [0.25, 0.3) is 0 Å². The van der Waals surface area contributed by atoms with Gasteiger partial charge in [-0.15, -0.1) is 0 Å². The number of benzene rings is 1. The Hall–Kier alpha value is -2.35. The fraction of sp³-hybridized carbons (Fsp3) is 0.0909. The molecule has 0 aliphatic carbocycles. The van der Waals surface area contributed by atoms with Crippen molar-refractivity contribution in [3.05, 3.63) is 41.9 Å². The van der Waals surface area contributed by atoms with Crippen molar-refractivity contribution in [2.75, 3.05) is 12.4 Å². The first-order chi connectivity index (χ1) is 7.67.